The van der Waals surface area contributed by atoms with Crippen molar-refractivity contribution in [3.63, 3.8) is 0 Å². The van der Waals surface area contributed by atoms with Crippen LogP contribution in [0.4, 0.5) is 5.69 Å². The second-order valence-electron chi connectivity index (χ2n) is 6.51. The van der Waals surface area contributed by atoms with Crippen LogP contribution in [0, 0.1) is 13.8 Å². The number of thiophene rings is 1. The predicted molar refractivity (Wildman–Crippen MR) is 134 cm³/mol. The van der Waals surface area contributed by atoms with Gasteiger partial charge >= 0.3 is 0 Å². The van der Waals surface area contributed by atoms with Crippen LogP contribution in [0.2, 0.25) is 0 Å². The van der Waals surface area contributed by atoms with Crippen molar-refractivity contribution in [2.24, 2.45) is 0 Å². The molecule has 0 unspecified atom stereocenters. The van der Waals surface area contributed by atoms with Crippen molar-refractivity contribution in [1.29, 1.82) is 0 Å². The summed E-state index contributed by atoms with van der Waals surface area (Å²) in [6.07, 6.45) is 4.78. The summed E-state index contributed by atoms with van der Waals surface area (Å²) in [5.41, 5.74) is 7.10. The first-order chi connectivity index (χ1) is 14.1. The number of nitrogens with zero attached hydrogens (tertiary/aromatic N) is 1. The Bertz CT molecular complexity index is 773. The molecule has 3 aromatic heterocycles. The summed E-state index contributed by atoms with van der Waals surface area (Å²) in [5, 5.41) is 5.68. The third-order valence-electron chi connectivity index (χ3n) is 4.04. The van der Waals surface area contributed by atoms with Crippen molar-refractivity contribution in [3.8, 4) is 0 Å². The summed E-state index contributed by atoms with van der Waals surface area (Å²) in [7, 11) is 0. The number of aromatic amines is 1. The molecule has 0 bridgehead atoms. The highest BCUT2D eigenvalue weighted by molar-refractivity contribution is 7.09. The Morgan fingerprint density at radius 1 is 1.07 bits per heavy atom. The fourth-order valence-corrected chi connectivity index (χ4v) is 3.44. The maximum absolute atomic E-state index is 4.74. The molecule has 3 aromatic rings. The van der Waals surface area contributed by atoms with Crippen molar-refractivity contribution < 1.29 is 0 Å². The van der Waals surface area contributed by atoms with Crippen LogP contribution >= 0.6 is 11.3 Å². The van der Waals surface area contributed by atoms with Crippen LogP contribution < -0.4 is 5.32 Å². The molecule has 3 heterocycles. The average molecular weight is 418 g/mol. The molecule has 0 spiro atoms. The van der Waals surface area contributed by atoms with Crippen LogP contribution in [0.25, 0.3) is 11.0 Å². The molecule has 4 heteroatoms. The summed E-state index contributed by atoms with van der Waals surface area (Å²) in [4.78, 5) is 9.69. The molecule has 0 atom stereocenters. The van der Waals surface area contributed by atoms with E-state index in [1.165, 1.54) is 35.4 Å². The van der Waals surface area contributed by atoms with Gasteiger partial charge in [-0.1, -0.05) is 67.4 Å². The van der Waals surface area contributed by atoms with E-state index in [1.54, 1.807) is 11.3 Å². The first kappa shape index (κ1) is 27.2. The number of H-pyrrole nitrogens is 1. The Hall–Kier alpha value is -1.81. The molecule has 0 aliphatic heterocycles. The molecule has 3 nitrogen and oxygen atoms in total. The van der Waals surface area contributed by atoms with Crippen LogP contribution in [0.3, 0.4) is 0 Å². The minimum absolute atomic E-state index is 0.860. The highest BCUT2D eigenvalue weighted by Crippen LogP contribution is 2.28. The number of nitrogens with one attached hydrogen (secondary N) is 2. The normalized spacial score (nSPS) is 9.55. The largest absolute Gasteiger partial charge is 0.378 e. The van der Waals surface area contributed by atoms with E-state index >= 15 is 0 Å². The van der Waals surface area contributed by atoms with Gasteiger partial charge in [-0.3, -0.25) is 4.98 Å². The number of anilines is 1. The summed E-state index contributed by atoms with van der Waals surface area (Å²) >= 11 is 1.78. The Labute approximate surface area is 183 Å². The third-order valence-corrected chi connectivity index (χ3v) is 4.92. The quantitative estimate of drug-likeness (QED) is 0.421. The monoisotopic (exact) mass is 417 g/mol. The molecule has 0 aliphatic carbocycles. The molecule has 164 valence electrons. The minimum atomic E-state index is 0.860. The van der Waals surface area contributed by atoms with E-state index in [0.717, 1.165) is 35.4 Å². The van der Waals surface area contributed by atoms with E-state index < -0.39 is 0 Å². The van der Waals surface area contributed by atoms with Gasteiger partial charge in [0.15, 0.2) is 0 Å². The Morgan fingerprint density at radius 3 is 2.28 bits per heavy atom. The molecule has 3 rings (SSSR count). The molecule has 0 aromatic carbocycles. The number of fused-ring (bicyclic) bond motifs is 1. The van der Waals surface area contributed by atoms with Crippen LogP contribution in [0.5, 0.6) is 0 Å². The standard InChI is InChI=1S/C18H23N3S.C3H8.2C2H6/c1-4-5-8-15-13(3)17-18(21-15)16(10-12(2)20-17)19-11-14-7-6-9-22-14;1-3-2;2*1-2/h6-7,9-10,21H,4-5,8,11H2,1-3H3,(H,19,20);3H2,1-2H3;2*1-2H3. The number of aryl methyl sites for hydroxylation is 3. The average Bonchev–Trinajstić information content (AvgIpc) is 3.37. The van der Waals surface area contributed by atoms with Gasteiger partial charge in [-0.25, -0.2) is 0 Å². The van der Waals surface area contributed by atoms with Gasteiger partial charge in [0.2, 0.25) is 0 Å². The summed E-state index contributed by atoms with van der Waals surface area (Å²) in [5.74, 6) is 0. The van der Waals surface area contributed by atoms with Crippen molar-refractivity contribution in [1.82, 2.24) is 9.97 Å². The van der Waals surface area contributed by atoms with Crippen molar-refractivity contribution >= 4 is 28.1 Å². The molecule has 0 amide bonds. The Morgan fingerprint density at radius 2 is 1.72 bits per heavy atom. The van der Waals surface area contributed by atoms with Crippen LogP contribution in [0.15, 0.2) is 23.6 Å². The predicted octanol–water partition coefficient (Wildman–Crippen LogP) is 8.66. The molecule has 0 saturated carbocycles. The zero-order chi connectivity index (χ0) is 22.2. The summed E-state index contributed by atoms with van der Waals surface area (Å²) in [6, 6.07) is 6.39. The Kier molecular flexibility index (Phi) is 15.0. The summed E-state index contributed by atoms with van der Waals surface area (Å²) in [6.45, 7) is 19.6. The Balaban J connectivity index is 0.00000100. The zero-order valence-corrected chi connectivity index (χ0v) is 21.0. The second kappa shape index (κ2) is 16.0. The van der Waals surface area contributed by atoms with Gasteiger partial charge in [0, 0.05) is 22.8 Å². The highest BCUT2D eigenvalue weighted by Gasteiger charge is 2.13. The fraction of sp³-hybridized carbons (Fsp3) is 0.560. The summed E-state index contributed by atoms with van der Waals surface area (Å²) < 4.78 is 0. The van der Waals surface area contributed by atoms with Crippen molar-refractivity contribution in [3.05, 3.63) is 45.4 Å². The molecule has 2 N–H and O–H groups in total. The molecular weight excluding hydrogens is 374 g/mol. The number of hydrogen-bond acceptors (Lipinski definition) is 3. The molecule has 29 heavy (non-hydrogen) atoms. The lowest BCUT2D eigenvalue weighted by Crippen LogP contribution is -1.99. The first-order valence-corrected chi connectivity index (χ1v) is 12.2. The number of pyridine rings is 1. The van der Waals surface area contributed by atoms with E-state index in [2.05, 4.69) is 68.5 Å². The molecule has 0 aliphatic rings. The topological polar surface area (TPSA) is 40.7 Å². The fourth-order valence-electron chi connectivity index (χ4n) is 2.80. The smallest absolute Gasteiger partial charge is 0.0935 e. The van der Waals surface area contributed by atoms with Gasteiger partial charge in [-0.2, -0.15) is 0 Å². The van der Waals surface area contributed by atoms with Gasteiger partial charge in [0.05, 0.1) is 16.7 Å². The lowest BCUT2D eigenvalue weighted by Gasteiger charge is -2.07. The lowest BCUT2D eigenvalue weighted by atomic mass is 10.1. The number of unbranched alkanes of at least 4 members (excludes halogenated alkanes) is 1. The van der Waals surface area contributed by atoms with Crippen molar-refractivity contribution in [2.45, 2.75) is 94.5 Å². The zero-order valence-electron chi connectivity index (χ0n) is 20.2. The second-order valence-corrected chi connectivity index (χ2v) is 7.54. The van der Waals surface area contributed by atoms with Gasteiger partial charge in [-0.15, -0.1) is 11.3 Å². The van der Waals surface area contributed by atoms with E-state index in [-0.39, 0.29) is 0 Å². The highest BCUT2D eigenvalue weighted by atomic mass is 32.1. The lowest BCUT2D eigenvalue weighted by molar-refractivity contribution is 0.779. The molecule has 0 radical (unpaired) electrons. The first-order valence-electron chi connectivity index (χ1n) is 11.4. The van der Waals surface area contributed by atoms with Gasteiger partial charge < -0.3 is 10.3 Å². The molecule has 0 fully saturated rings. The van der Waals surface area contributed by atoms with Gasteiger partial charge in [-0.05, 0) is 49.8 Å². The molecular formula is C25H43N3S. The van der Waals surface area contributed by atoms with Gasteiger partial charge in [0.1, 0.15) is 0 Å². The van der Waals surface area contributed by atoms with Crippen molar-refractivity contribution in [2.75, 3.05) is 5.32 Å². The van der Waals surface area contributed by atoms with Crippen LogP contribution in [0.1, 0.15) is 89.6 Å². The number of aromatic nitrogens is 2. The number of hydrogen-bond donors (Lipinski definition) is 2. The maximum Gasteiger partial charge on any atom is 0.0935 e. The van der Waals surface area contributed by atoms with Crippen LogP contribution in [-0.2, 0) is 13.0 Å². The third kappa shape index (κ3) is 8.61. The molecule has 0 saturated heterocycles. The van der Waals surface area contributed by atoms with E-state index in [1.807, 2.05) is 27.7 Å². The minimum Gasteiger partial charge on any atom is -0.378 e. The van der Waals surface area contributed by atoms with Gasteiger partial charge in [0.25, 0.3) is 0 Å². The van der Waals surface area contributed by atoms with E-state index in [0.29, 0.717) is 0 Å². The van der Waals surface area contributed by atoms with E-state index in [4.69, 9.17) is 4.98 Å². The van der Waals surface area contributed by atoms with E-state index in [9.17, 15) is 0 Å². The number of rotatable bonds is 6. The van der Waals surface area contributed by atoms with Crippen LogP contribution in [-0.4, -0.2) is 9.97 Å². The maximum atomic E-state index is 4.74. The SMILES string of the molecule is CC.CC.CCC.CCCCc1[nH]c2c(NCc3cccs3)cc(C)nc2c1C.